The number of carbonyl (C=O) groups is 1. The number of aromatic nitrogens is 3. The first-order valence-corrected chi connectivity index (χ1v) is 12.7. The van der Waals surface area contributed by atoms with Crippen LogP contribution in [0.15, 0.2) is 99.5 Å². The maximum Gasteiger partial charge on any atom is 0.255 e. The summed E-state index contributed by atoms with van der Waals surface area (Å²) in [5.74, 6) is 0.390. The second-order valence-corrected chi connectivity index (χ2v) is 10.0. The topological polar surface area (TPSA) is 106 Å². The molecule has 0 unspecified atom stereocenters. The summed E-state index contributed by atoms with van der Waals surface area (Å²) in [6.07, 6.45) is 1.48. The first kappa shape index (κ1) is 23.8. The van der Waals surface area contributed by atoms with Gasteiger partial charge in [0.25, 0.3) is 5.91 Å². The number of fused-ring (bicyclic) bond motifs is 1. The van der Waals surface area contributed by atoms with Gasteiger partial charge in [-0.15, -0.1) is 0 Å². The average Bonchev–Trinajstić information content (AvgIpc) is 2.86. The second kappa shape index (κ2) is 10.3. The van der Waals surface area contributed by atoms with Crippen molar-refractivity contribution in [1.29, 1.82) is 0 Å². The normalized spacial score (nSPS) is 10.8. The van der Waals surface area contributed by atoms with Gasteiger partial charge in [0.05, 0.1) is 11.1 Å². The van der Waals surface area contributed by atoms with E-state index in [2.05, 4.69) is 41.5 Å². The number of anilines is 4. The van der Waals surface area contributed by atoms with E-state index in [0.717, 1.165) is 31.0 Å². The van der Waals surface area contributed by atoms with E-state index in [9.17, 15) is 4.79 Å². The largest absolute Gasteiger partial charge is 0.399 e. The summed E-state index contributed by atoms with van der Waals surface area (Å²) < 4.78 is 0.886. The fourth-order valence-corrected chi connectivity index (χ4v) is 4.84. The number of nitrogens with zero attached hydrogens (tertiary/aromatic N) is 3. The van der Waals surface area contributed by atoms with Crippen molar-refractivity contribution in [2.75, 3.05) is 16.4 Å². The highest BCUT2D eigenvalue weighted by molar-refractivity contribution is 9.10. The Morgan fingerprint density at radius 2 is 1.81 bits per heavy atom. The van der Waals surface area contributed by atoms with Crippen molar-refractivity contribution in [3.63, 3.8) is 0 Å². The van der Waals surface area contributed by atoms with Crippen molar-refractivity contribution >= 4 is 67.5 Å². The lowest BCUT2D eigenvalue weighted by atomic mass is 10.1. The molecule has 2 aromatic heterocycles. The van der Waals surface area contributed by atoms with E-state index in [1.165, 1.54) is 6.33 Å². The van der Waals surface area contributed by atoms with Gasteiger partial charge in [0.1, 0.15) is 12.1 Å². The number of benzene rings is 3. The van der Waals surface area contributed by atoms with Crippen LogP contribution in [0.5, 0.6) is 0 Å². The van der Waals surface area contributed by atoms with Crippen LogP contribution < -0.4 is 16.4 Å². The Hall–Kier alpha value is -3.95. The quantitative estimate of drug-likeness (QED) is 0.197. The van der Waals surface area contributed by atoms with Crippen LogP contribution in [0.25, 0.3) is 11.0 Å². The summed E-state index contributed by atoms with van der Waals surface area (Å²) in [6, 6.07) is 24.5. The highest BCUT2D eigenvalue weighted by Gasteiger charge is 2.14. The van der Waals surface area contributed by atoms with Crippen LogP contribution in [-0.2, 0) is 0 Å². The molecule has 36 heavy (non-hydrogen) atoms. The maximum absolute atomic E-state index is 13.1. The molecule has 0 radical (unpaired) electrons. The lowest BCUT2D eigenvalue weighted by Gasteiger charge is -2.15. The Morgan fingerprint density at radius 3 is 2.61 bits per heavy atom. The fraction of sp³-hybridized carbons (Fsp3) is 0.0370. The van der Waals surface area contributed by atoms with Gasteiger partial charge in [-0.25, -0.2) is 15.0 Å². The van der Waals surface area contributed by atoms with Crippen LogP contribution in [0.4, 0.5) is 22.9 Å². The predicted molar refractivity (Wildman–Crippen MR) is 149 cm³/mol. The van der Waals surface area contributed by atoms with Gasteiger partial charge in [0, 0.05) is 36.9 Å². The molecule has 0 atom stereocenters. The molecule has 0 saturated heterocycles. The highest BCUT2D eigenvalue weighted by atomic mass is 79.9. The van der Waals surface area contributed by atoms with Crippen molar-refractivity contribution in [3.8, 4) is 0 Å². The Balaban J connectivity index is 1.52. The molecule has 0 saturated carbocycles. The number of hydrogen-bond donors (Lipinski definition) is 3. The minimum atomic E-state index is -0.218. The van der Waals surface area contributed by atoms with E-state index in [1.54, 1.807) is 17.8 Å². The average molecular weight is 557 g/mol. The summed E-state index contributed by atoms with van der Waals surface area (Å²) >= 11 is 5.00. The number of hydrogen-bond acceptors (Lipinski definition) is 7. The summed E-state index contributed by atoms with van der Waals surface area (Å²) in [5, 5.41) is 7.15. The van der Waals surface area contributed by atoms with E-state index in [1.807, 2.05) is 79.7 Å². The number of nitrogens with one attached hydrogen (secondary N) is 2. The maximum atomic E-state index is 13.1. The van der Waals surface area contributed by atoms with Gasteiger partial charge in [0.2, 0.25) is 0 Å². The van der Waals surface area contributed by atoms with Crippen LogP contribution >= 0.6 is 27.7 Å². The fourth-order valence-electron chi connectivity index (χ4n) is 3.55. The monoisotopic (exact) mass is 556 g/mol. The SMILES string of the molecule is Cc1ccc2c(Nc3cc(C(=O)Nc4cccc(Br)c4)ccc3Sc3ccc(N)cc3)ncnc2n1. The first-order chi connectivity index (χ1) is 17.4. The van der Waals surface area contributed by atoms with Gasteiger partial charge in [0.15, 0.2) is 5.65 Å². The third-order valence-electron chi connectivity index (χ3n) is 5.32. The molecule has 7 nitrogen and oxygen atoms in total. The third kappa shape index (κ3) is 5.48. The summed E-state index contributed by atoms with van der Waals surface area (Å²) in [7, 11) is 0. The summed E-state index contributed by atoms with van der Waals surface area (Å²) in [4.78, 5) is 28.3. The van der Waals surface area contributed by atoms with Crippen LogP contribution in [0, 0.1) is 6.92 Å². The van der Waals surface area contributed by atoms with E-state index < -0.39 is 0 Å². The first-order valence-electron chi connectivity index (χ1n) is 11.0. The lowest BCUT2D eigenvalue weighted by Crippen LogP contribution is -2.12. The molecule has 9 heteroatoms. The number of amides is 1. The number of nitrogen functional groups attached to an aromatic ring is 1. The molecule has 0 fully saturated rings. The predicted octanol–water partition coefficient (Wildman–Crippen LogP) is 6.83. The van der Waals surface area contributed by atoms with Gasteiger partial charge in [-0.2, -0.15) is 0 Å². The van der Waals surface area contributed by atoms with Crippen LogP contribution in [0.2, 0.25) is 0 Å². The van der Waals surface area contributed by atoms with Crippen molar-refractivity contribution in [3.05, 3.63) is 101 Å². The smallest absolute Gasteiger partial charge is 0.255 e. The molecule has 0 aliphatic rings. The van der Waals surface area contributed by atoms with Crippen molar-refractivity contribution in [1.82, 2.24) is 15.0 Å². The Morgan fingerprint density at radius 1 is 0.972 bits per heavy atom. The Bertz CT molecular complexity index is 1580. The molecule has 2 heterocycles. The van der Waals surface area contributed by atoms with Crippen molar-refractivity contribution in [2.24, 2.45) is 0 Å². The van der Waals surface area contributed by atoms with Crippen molar-refractivity contribution in [2.45, 2.75) is 16.7 Å². The van der Waals surface area contributed by atoms with Crippen LogP contribution in [0.1, 0.15) is 16.1 Å². The van der Waals surface area contributed by atoms with E-state index in [0.29, 0.717) is 28.4 Å². The number of nitrogens with two attached hydrogens (primary N) is 1. The summed E-state index contributed by atoms with van der Waals surface area (Å²) in [5.41, 5.74) is 9.97. The lowest BCUT2D eigenvalue weighted by molar-refractivity contribution is 0.102. The molecular formula is C27H21BrN6OS. The molecule has 0 aliphatic heterocycles. The Labute approximate surface area is 220 Å². The van der Waals surface area contributed by atoms with Crippen LogP contribution in [0.3, 0.4) is 0 Å². The van der Waals surface area contributed by atoms with Gasteiger partial charge >= 0.3 is 0 Å². The molecule has 4 N–H and O–H groups in total. The van der Waals surface area contributed by atoms with E-state index >= 15 is 0 Å². The zero-order valence-electron chi connectivity index (χ0n) is 19.2. The van der Waals surface area contributed by atoms with E-state index in [4.69, 9.17) is 5.73 Å². The Kier molecular flexibility index (Phi) is 6.84. The highest BCUT2D eigenvalue weighted by Crippen LogP contribution is 2.36. The zero-order chi connectivity index (χ0) is 25.1. The molecule has 0 aliphatic carbocycles. The molecule has 0 bridgehead atoms. The van der Waals surface area contributed by atoms with Gasteiger partial charge in [-0.3, -0.25) is 4.79 Å². The van der Waals surface area contributed by atoms with Crippen LogP contribution in [-0.4, -0.2) is 20.9 Å². The number of carbonyl (C=O) groups excluding carboxylic acids is 1. The third-order valence-corrected chi connectivity index (χ3v) is 6.90. The minimum absolute atomic E-state index is 0.218. The number of pyridine rings is 1. The standard InChI is InChI=1S/C27H21BrN6OS/c1-16-5-11-22-25(32-16)30-15-31-26(22)34-23-13-17(27(35)33-20-4-2-3-18(28)14-20)6-12-24(23)36-21-9-7-19(29)8-10-21/h2-15H,29H2,1H3,(H,33,35)(H,30,31,32,34). The number of halogens is 1. The molecule has 1 amide bonds. The molecule has 178 valence electrons. The zero-order valence-corrected chi connectivity index (χ0v) is 21.6. The number of aryl methyl sites for hydroxylation is 1. The van der Waals surface area contributed by atoms with Crippen molar-refractivity contribution < 1.29 is 4.79 Å². The molecule has 3 aromatic carbocycles. The van der Waals surface area contributed by atoms with Gasteiger partial charge in [-0.05, 0) is 79.7 Å². The minimum Gasteiger partial charge on any atom is -0.399 e. The summed E-state index contributed by atoms with van der Waals surface area (Å²) in [6.45, 7) is 1.92. The molecule has 5 aromatic rings. The molecule has 5 rings (SSSR count). The molecule has 0 spiro atoms. The van der Waals surface area contributed by atoms with Gasteiger partial charge < -0.3 is 16.4 Å². The second-order valence-electron chi connectivity index (χ2n) is 8.02. The molecular weight excluding hydrogens is 536 g/mol. The van der Waals surface area contributed by atoms with Gasteiger partial charge in [-0.1, -0.05) is 33.8 Å². The van der Waals surface area contributed by atoms with E-state index in [-0.39, 0.29) is 5.91 Å². The number of rotatable bonds is 6.